The van der Waals surface area contributed by atoms with E-state index < -0.39 is 0 Å². The Morgan fingerprint density at radius 2 is 2.00 bits per heavy atom. The summed E-state index contributed by atoms with van der Waals surface area (Å²) in [4.78, 5) is 11.1. The molecule has 0 heterocycles. The van der Waals surface area contributed by atoms with Gasteiger partial charge in [0.2, 0.25) is 0 Å². The summed E-state index contributed by atoms with van der Waals surface area (Å²) >= 11 is 1.94. The van der Waals surface area contributed by atoms with E-state index in [2.05, 4.69) is 0 Å². The van der Waals surface area contributed by atoms with Crippen molar-refractivity contribution in [3.05, 3.63) is 23.8 Å². The van der Waals surface area contributed by atoms with Crippen LogP contribution in [0.15, 0.2) is 18.2 Å². The quantitative estimate of drug-likeness (QED) is 0.375. The minimum Gasteiger partial charge on any atom is -0.504 e. The average Bonchev–Trinajstić information content (AvgIpc) is 2.08. The highest BCUT2D eigenvalue weighted by Crippen LogP contribution is 2.25. The van der Waals surface area contributed by atoms with Crippen LogP contribution in [0, 0.1) is 0 Å². The van der Waals surface area contributed by atoms with Crippen molar-refractivity contribution < 1.29 is 15.0 Å². The highest BCUT2D eigenvalue weighted by Gasteiger charge is 2.06. The first-order chi connectivity index (χ1) is 5.65. The molecule has 64 valence electrons. The van der Waals surface area contributed by atoms with Gasteiger partial charge in [-0.2, -0.15) is 0 Å². The van der Waals surface area contributed by atoms with E-state index in [0.717, 1.165) is 0 Å². The Hall–Kier alpha value is -0.780. The van der Waals surface area contributed by atoms with Crippen molar-refractivity contribution in [2.45, 2.75) is 0 Å². The molecule has 0 amide bonds. The third-order valence-electron chi connectivity index (χ3n) is 1.42. The minimum atomic E-state index is -0.259. The molecular formula is C8H7IO3. The second kappa shape index (κ2) is 3.75. The van der Waals surface area contributed by atoms with Gasteiger partial charge in [-0.15, -0.1) is 0 Å². The molecule has 0 bridgehead atoms. The molecule has 2 N–H and O–H groups in total. The molecule has 0 aliphatic heterocycles. The molecule has 4 heteroatoms. The van der Waals surface area contributed by atoms with Crippen LogP contribution in [0.4, 0.5) is 0 Å². The number of carbonyl (C=O) groups excluding carboxylic acids is 1. The summed E-state index contributed by atoms with van der Waals surface area (Å²) in [5.74, 6) is -0.531. The van der Waals surface area contributed by atoms with Crippen molar-refractivity contribution in [3.63, 3.8) is 0 Å². The maximum Gasteiger partial charge on any atom is 0.172 e. The van der Waals surface area contributed by atoms with Gasteiger partial charge in [0, 0.05) is 5.56 Å². The van der Waals surface area contributed by atoms with E-state index in [-0.39, 0.29) is 17.3 Å². The van der Waals surface area contributed by atoms with E-state index in [9.17, 15) is 4.79 Å². The number of hydrogen-bond acceptors (Lipinski definition) is 3. The third kappa shape index (κ3) is 1.88. The second-order valence-corrected chi connectivity index (χ2v) is 3.02. The zero-order valence-electron chi connectivity index (χ0n) is 6.12. The van der Waals surface area contributed by atoms with Gasteiger partial charge in [0.25, 0.3) is 0 Å². The molecule has 1 aromatic carbocycles. The summed E-state index contributed by atoms with van der Waals surface area (Å²) in [7, 11) is 0. The van der Waals surface area contributed by atoms with E-state index in [4.69, 9.17) is 10.2 Å². The Morgan fingerprint density at radius 1 is 1.33 bits per heavy atom. The predicted octanol–water partition coefficient (Wildman–Crippen LogP) is 1.72. The Morgan fingerprint density at radius 3 is 2.50 bits per heavy atom. The van der Waals surface area contributed by atoms with Crippen LogP contribution in [0.3, 0.4) is 0 Å². The normalized spacial score (nSPS) is 9.75. The number of aromatic hydroxyl groups is 2. The molecule has 1 rings (SSSR count). The Bertz CT molecular complexity index is 309. The Kier molecular flexibility index (Phi) is 2.91. The van der Waals surface area contributed by atoms with E-state index >= 15 is 0 Å². The number of carbonyl (C=O) groups is 1. The maximum absolute atomic E-state index is 11.1. The maximum atomic E-state index is 11.1. The van der Waals surface area contributed by atoms with Crippen molar-refractivity contribution in [2.24, 2.45) is 0 Å². The van der Waals surface area contributed by atoms with Gasteiger partial charge < -0.3 is 10.2 Å². The summed E-state index contributed by atoms with van der Waals surface area (Å²) in [6.45, 7) is 0. The standard InChI is InChI=1S/C8H7IO3/c9-4-8(12)5-1-2-6(10)7(11)3-5/h1-3,10-11H,4H2. The fourth-order valence-electron chi connectivity index (χ4n) is 0.774. The summed E-state index contributed by atoms with van der Waals surface area (Å²) in [5.41, 5.74) is 0.416. The van der Waals surface area contributed by atoms with Gasteiger partial charge in [-0.1, -0.05) is 22.6 Å². The number of rotatable bonds is 2. The van der Waals surface area contributed by atoms with E-state index in [1.807, 2.05) is 22.6 Å². The minimum absolute atomic E-state index is 0.0640. The number of phenolic OH excluding ortho intramolecular Hbond substituents is 2. The Labute approximate surface area is 83.2 Å². The first kappa shape index (κ1) is 9.31. The molecule has 1 aromatic rings. The topological polar surface area (TPSA) is 57.5 Å². The zero-order chi connectivity index (χ0) is 9.14. The van der Waals surface area contributed by atoms with Crippen molar-refractivity contribution in [1.29, 1.82) is 0 Å². The molecule has 0 saturated carbocycles. The Balaban J connectivity index is 3.05. The lowest BCUT2D eigenvalue weighted by Crippen LogP contribution is -1.98. The van der Waals surface area contributed by atoms with Crippen molar-refractivity contribution in [1.82, 2.24) is 0 Å². The van der Waals surface area contributed by atoms with Gasteiger partial charge >= 0.3 is 0 Å². The number of alkyl halides is 1. The van der Waals surface area contributed by atoms with Gasteiger partial charge in [0.05, 0.1) is 4.43 Å². The fraction of sp³-hybridized carbons (Fsp3) is 0.125. The van der Waals surface area contributed by atoms with Crippen LogP contribution in [-0.4, -0.2) is 20.4 Å². The lowest BCUT2D eigenvalue weighted by molar-refractivity contribution is 0.102. The summed E-state index contributed by atoms with van der Waals surface area (Å²) in [6.07, 6.45) is 0. The highest BCUT2D eigenvalue weighted by atomic mass is 127. The SMILES string of the molecule is O=C(CI)c1ccc(O)c(O)c1. The van der Waals surface area contributed by atoms with Crippen LogP contribution in [-0.2, 0) is 0 Å². The summed E-state index contributed by atoms with van der Waals surface area (Å²) < 4.78 is 0.363. The largest absolute Gasteiger partial charge is 0.504 e. The number of benzene rings is 1. The van der Waals surface area contributed by atoms with Gasteiger partial charge in [-0.25, -0.2) is 0 Å². The van der Waals surface area contributed by atoms with Crippen LogP contribution in [0.5, 0.6) is 11.5 Å². The summed E-state index contributed by atoms with van der Waals surface area (Å²) in [6, 6.07) is 4.04. The number of halogens is 1. The number of Topliss-reactive ketones (excluding diaryl/α,β-unsaturated/α-hetero) is 1. The van der Waals surface area contributed by atoms with E-state index in [1.54, 1.807) is 0 Å². The highest BCUT2D eigenvalue weighted by molar-refractivity contribution is 14.1. The van der Waals surface area contributed by atoms with E-state index in [0.29, 0.717) is 9.99 Å². The first-order valence-corrected chi connectivity index (χ1v) is 4.79. The lowest BCUT2D eigenvalue weighted by Gasteiger charge is -1.99. The number of phenols is 2. The number of hydrogen-bond donors (Lipinski definition) is 2. The van der Waals surface area contributed by atoms with Crippen molar-refractivity contribution in [2.75, 3.05) is 4.43 Å². The molecular weight excluding hydrogens is 271 g/mol. The number of ketones is 1. The van der Waals surface area contributed by atoms with Crippen LogP contribution in [0.1, 0.15) is 10.4 Å². The molecule has 0 fully saturated rings. The molecule has 0 aliphatic rings. The van der Waals surface area contributed by atoms with Crippen LogP contribution in [0.25, 0.3) is 0 Å². The molecule has 0 atom stereocenters. The molecule has 0 aliphatic carbocycles. The van der Waals surface area contributed by atoms with Gasteiger partial charge in [0.15, 0.2) is 17.3 Å². The first-order valence-electron chi connectivity index (χ1n) is 3.26. The molecule has 0 saturated heterocycles. The summed E-state index contributed by atoms with van der Waals surface area (Å²) in [5, 5.41) is 18.0. The molecule has 3 nitrogen and oxygen atoms in total. The van der Waals surface area contributed by atoms with Gasteiger partial charge in [-0.05, 0) is 18.2 Å². The molecule has 0 radical (unpaired) electrons. The van der Waals surface area contributed by atoms with Gasteiger partial charge in [-0.3, -0.25) is 4.79 Å². The average molecular weight is 278 g/mol. The van der Waals surface area contributed by atoms with Crippen LogP contribution < -0.4 is 0 Å². The van der Waals surface area contributed by atoms with Crippen LogP contribution >= 0.6 is 22.6 Å². The monoisotopic (exact) mass is 278 g/mol. The molecule has 0 spiro atoms. The molecule has 0 unspecified atom stereocenters. The third-order valence-corrected chi connectivity index (χ3v) is 2.11. The van der Waals surface area contributed by atoms with Crippen LogP contribution in [0.2, 0.25) is 0 Å². The van der Waals surface area contributed by atoms with Gasteiger partial charge in [0.1, 0.15) is 0 Å². The van der Waals surface area contributed by atoms with Crippen molar-refractivity contribution in [3.8, 4) is 11.5 Å². The second-order valence-electron chi connectivity index (χ2n) is 2.26. The molecule has 0 aromatic heterocycles. The smallest absolute Gasteiger partial charge is 0.172 e. The van der Waals surface area contributed by atoms with Crippen molar-refractivity contribution >= 4 is 28.4 Å². The predicted molar refractivity (Wildman–Crippen MR) is 53.0 cm³/mol. The zero-order valence-corrected chi connectivity index (χ0v) is 8.28. The molecule has 12 heavy (non-hydrogen) atoms. The lowest BCUT2D eigenvalue weighted by atomic mass is 10.1. The van der Waals surface area contributed by atoms with E-state index in [1.165, 1.54) is 18.2 Å². The fourth-order valence-corrected chi connectivity index (χ4v) is 1.21.